The van der Waals surface area contributed by atoms with Crippen LogP contribution in [0.3, 0.4) is 0 Å². The zero-order chi connectivity index (χ0) is 24.0. The Hall–Kier alpha value is -3.72. The number of primary amides is 1. The van der Waals surface area contributed by atoms with Gasteiger partial charge < -0.3 is 15.6 Å². The molecule has 3 N–H and O–H groups in total. The van der Waals surface area contributed by atoms with E-state index in [0.29, 0.717) is 11.8 Å². The lowest BCUT2D eigenvalue weighted by Gasteiger charge is -2.25. The number of nitrogens with two attached hydrogens (primary N) is 1. The molecule has 1 aliphatic heterocycles. The van der Waals surface area contributed by atoms with Gasteiger partial charge in [0.15, 0.2) is 11.6 Å². The summed E-state index contributed by atoms with van der Waals surface area (Å²) in [6, 6.07) is 12.0. The number of halogens is 1. The van der Waals surface area contributed by atoms with Crippen LogP contribution in [0.4, 0.5) is 4.39 Å². The Bertz CT molecular complexity index is 1090. The van der Waals surface area contributed by atoms with Gasteiger partial charge in [0.1, 0.15) is 5.75 Å². The first kappa shape index (κ1) is 23.9. The van der Waals surface area contributed by atoms with Crippen molar-refractivity contribution in [2.45, 2.75) is 32.4 Å². The van der Waals surface area contributed by atoms with Crippen LogP contribution in [-0.2, 0) is 18.4 Å². The zero-order valence-corrected chi connectivity index (χ0v) is 18.6. The lowest BCUT2D eigenvalue weighted by atomic mass is 10.1. The van der Waals surface area contributed by atoms with Crippen LogP contribution in [-0.4, -0.2) is 38.7 Å². The number of ether oxygens (including phenoxy) is 1. The van der Waals surface area contributed by atoms with Crippen molar-refractivity contribution in [3.63, 3.8) is 0 Å². The second kappa shape index (κ2) is 10.7. The molecule has 1 aromatic heterocycles. The lowest BCUT2D eigenvalue weighted by molar-refractivity contribution is -0.122. The molecule has 1 saturated heterocycles. The van der Waals surface area contributed by atoms with Crippen LogP contribution in [0.15, 0.2) is 48.7 Å². The fraction of sp³-hybridized carbons (Fsp3) is 0.292. The Labute approximate surface area is 191 Å². The largest absolute Gasteiger partial charge is 0.483 e. The van der Waals surface area contributed by atoms with E-state index in [-0.39, 0.29) is 17.8 Å². The zero-order valence-electron chi connectivity index (χ0n) is 18.6. The van der Waals surface area contributed by atoms with E-state index in [1.807, 2.05) is 42.2 Å². The van der Waals surface area contributed by atoms with Crippen molar-refractivity contribution in [3.05, 3.63) is 76.9 Å². The summed E-state index contributed by atoms with van der Waals surface area (Å²) in [5.41, 5.74) is 8.95. The molecule has 1 unspecified atom stereocenters. The molecule has 1 atom stereocenters. The number of nitrogens with zero attached hydrogens (tertiary/aromatic N) is 3. The Kier molecular flexibility index (Phi) is 7.78. The van der Waals surface area contributed by atoms with Gasteiger partial charge in [0.05, 0.1) is 17.9 Å². The van der Waals surface area contributed by atoms with E-state index in [1.165, 1.54) is 29.0 Å². The Morgan fingerprint density at radius 1 is 1.30 bits per heavy atom. The molecule has 3 aromatic rings. The molecule has 4 rings (SSSR count). The Morgan fingerprint density at radius 3 is 2.58 bits per heavy atom. The minimum Gasteiger partial charge on any atom is -0.483 e. The number of hydrogen-bond acceptors (Lipinski definition) is 5. The fourth-order valence-electron chi connectivity index (χ4n) is 4.12. The van der Waals surface area contributed by atoms with Gasteiger partial charge in [-0.15, -0.1) is 0 Å². The predicted octanol–water partition coefficient (Wildman–Crippen LogP) is 3.80. The molecule has 1 amide bonds. The molecule has 33 heavy (non-hydrogen) atoms. The molecule has 0 saturated carbocycles. The summed E-state index contributed by atoms with van der Waals surface area (Å²) < 4.78 is 21.7. The molecule has 0 bridgehead atoms. The smallest absolute Gasteiger partial charge is 0.290 e. The lowest BCUT2D eigenvalue weighted by Crippen LogP contribution is -2.25. The Morgan fingerprint density at radius 2 is 2.00 bits per heavy atom. The molecular weight excluding hydrogens is 427 g/mol. The molecular formula is C24H27FN4O4. The summed E-state index contributed by atoms with van der Waals surface area (Å²) in [6.45, 7) is 3.74. The number of aryl methyl sites for hydroxylation is 2. The average Bonchev–Trinajstić information content (AvgIpc) is 3.36. The standard InChI is InChI=1S/C23H25FN4O2.CH2O2/c1-15-13-26-27(2)22(15)20-4-3-11-28(20)14-16-5-8-18(9-6-16)30-21-10-7-17(23(25)29)12-19(21)24;2-1-3/h5-10,12-13,20H,3-4,11,14H2,1-2H3,(H2,25,29);1H,(H,2,3). The fourth-order valence-corrected chi connectivity index (χ4v) is 4.12. The maximum absolute atomic E-state index is 14.1. The van der Waals surface area contributed by atoms with Crippen molar-refractivity contribution < 1.29 is 23.8 Å². The Balaban J connectivity index is 0.000000968. The van der Waals surface area contributed by atoms with Crippen LogP contribution in [0.2, 0.25) is 0 Å². The maximum atomic E-state index is 14.1. The van der Waals surface area contributed by atoms with Gasteiger partial charge in [-0.25, -0.2) is 4.39 Å². The highest BCUT2D eigenvalue weighted by molar-refractivity contribution is 5.92. The van der Waals surface area contributed by atoms with Crippen LogP contribution in [0.25, 0.3) is 0 Å². The van der Waals surface area contributed by atoms with Gasteiger partial charge >= 0.3 is 0 Å². The van der Waals surface area contributed by atoms with Gasteiger partial charge in [0, 0.05) is 19.2 Å². The van der Waals surface area contributed by atoms with Crippen molar-refractivity contribution >= 4 is 12.4 Å². The molecule has 174 valence electrons. The monoisotopic (exact) mass is 454 g/mol. The highest BCUT2D eigenvalue weighted by Crippen LogP contribution is 2.35. The van der Waals surface area contributed by atoms with Gasteiger partial charge in [-0.05, 0) is 67.8 Å². The van der Waals surface area contributed by atoms with E-state index in [2.05, 4.69) is 16.9 Å². The number of carboxylic acid groups (broad SMARTS) is 1. The normalized spacial score (nSPS) is 15.5. The van der Waals surface area contributed by atoms with Crippen LogP contribution in [0.1, 0.15) is 46.1 Å². The van der Waals surface area contributed by atoms with Gasteiger partial charge in [-0.1, -0.05) is 12.1 Å². The minimum absolute atomic E-state index is 0.0547. The van der Waals surface area contributed by atoms with E-state index in [1.54, 1.807) is 0 Å². The third-order valence-corrected chi connectivity index (χ3v) is 5.61. The molecule has 0 spiro atoms. The van der Waals surface area contributed by atoms with Crippen molar-refractivity contribution in [1.82, 2.24) is 14.7 Å². The third-order valence-electron chi connectivity index (χ3n) is 5.61. The molecule has 0 radical (unpaired) electrons. The average molecular weight is 455 g/mol. The van der Waals surface area contributed by atoms with E-state index < -0.39 is 11.7 Å². The number of carbonyl (C=O) groups excluding carboxylic acids is 1. The first-order valence-electron chi connectivity index (χ1n) is 10.5. The maximum Gasteiger partial charge on any atom is 0.290 e. The molecule has 2 aromatic carbocycles. The van der Waals surface area contributed by atoms with Gasteiger partial charge in [0.2, 0.25) is 5.91 Å². The van der Waals surface area contributed by atoms with Gasteiger partial charge in [-0.2, -0.15) is 5.10 Å². The van der Waals surface area contributed by atoms with Gasteiger partial charge in [0.25, 0.3) is 6.47 Å². The molecule has 1 aliphatic rings. The first-order valence-corrected chi connectivity index (χ1v) is 10.5. The molecule has 2 heterocycles. The van der Waals surface area contributed by atoms with E-state index in [9.17, 15) is 9.18 Å². The van der Waals surface area contributed by atoms with Crippen LogP contribution in [0, 0.1) is 12.7 Å². The van der Waals surface area contributed by atoms with Crippen LogP contribution >= 0.6 is 0 Å². The van der Waals surface area contributed by atoms with E-state index in [0.717, 1.165) is 32.0 Å². The molecule has 8 nitrogen and oxygen atoms in total. The number of aromatic nitrogens is 2. The summed E-state index contributed by atoms with van der Waals surface area (Å²) >= 11 is 0. The number of amides is 1. The van der Waals surface area contributed by atoms with Crippen molar-refractivity contribution in [2.24, 2.45) is 12.8 Å². The SMILES string of the molecule is Cc1cnn(C)c1C1CCCN1Cc1ccc(Oc2ccc(C(N)=O)cc2F)cc1.O=CO. The minimum atomic E-state index is -0.675. The highest BCUT2D eigenvalue weighted by atomic mass is 19.1. The van der Waals surface area contributed by atoms with Crippen LogP contribution < -0.4 is 10.5 Å². The number of likely N-dealkylation sites (tertiary alicyclic amines) is 1. The quantitative estimate of drug-likeness (QED) is 0.548. The summed E-state index contributed by atoms with van der Waals surface area (Å²) in [6.07, 6.45) is 4.21. The molecule has 9 heteroatoms. The molecule has 0 aliphatic carbocycles. The summed E-state index contributed by atoms with van der Waals surface area (Å²) in [5, 5.41) is 11.3. The van der Waals surface area contributed by atoms with Crippen molar-refractivity contribution in [1.29, 1.82) is 0 Å². The number of benzene rings is 2. The van der Waals surface area contributed by atoms with Gasteiger partial charge in [-0.3, -0.25) is 19.2 Å². The van der Waals surface area contributed by atoms with Crippen molar-refractivity contribution in [2.75, 3.05) is 6.54 Å². The van der Waals surface area contributed by atoms with Crippen LogP contribution in [0.5, 0.6) is 11.5 Å². The number of carbonyl (C=O) groups is 2. The number of hydrogen-bond donors (Lipinski definition) is 2. The summed E-state index contributed by atoms with van der Waals surface area (Å²) in [5.74, 6) is -0.711. The summed E-state index contributed by atoms with van der Waals surface area (Å²) in [4.78, 5) is 22.0. The second-order valence-electron chi connectivity index (χ2n) is 7.83. The predicted molar refractivity (Wildman–Crippen MR) is 120 cm³/mol. The molecule has 1 fully saturated rings. The highest BCUT2D eigenvalue weighted by Gasteiger charge is 2.29. The number of rotatable bonds is 6. The third kappa shape index (κ3) is 5.75. The van der Waals surface area contributed by atoms with Crippen molar-refractivity contribution in [3.8, 4) is 11.5 Å². The summed E-state index contributed by atoms with van der Waals surface area (Å²) in [7, 11) is 2.00. The topological polar surface area (TPSA) is 111 Å². The first-order chi connectivity index (χ1) is 15.8. The van der Waals surface area contributed by atoms with E-state index >= 15 is 0 Å². The second-order valence-corrected chi connectivity index (χ2v) is 7.83. The van der Waals surface area contributed by atoms with E-state index in [4.69, 9.17) is 20.4 Å².